The Morgan fingerprint density at radius 2 is 1.81 bits per heavy atom. The van der Waals surface area contributed by atoms with Gasteiger partial charge in [-0.3, -0.25) is 4.68 Å². The summed E-state index contributed by atoms with van der Waals surface area (Å²) in [5.41, 5.74) is -2.39. The van der Waals surface area contributed by atoms with E-state index < -0.39 is 72.1 Å². The molecule has 0 radical (unpaired) electrons. The Morgan fingerprint density at radius 3 is 2.48 bits per heavy atom. The van der Waals surface area contributed by atoms with Gasteiger partial charge in [-0.05, 0) is 18.2 Å². The molecule has 0 aliphatic carbocycles. The number of hydrogen-bond acceptors (Lipinski definition) is 8. The smallest absolute Gasteiger partial charge is 0.394 e. The number of halogens is 7. The van der Waals surface area contributed by atoms with Crippen LogP contribution in [0.15, 0.2) is 36.8 Å². The Balaban J connectivity index is 1.60. The number of alkyl halides is 3. The predicted molar refractivity (Wildman–Crippen MR) is 132 cm³/mol. The summed E-state index contributed by atoms with van der Waals surface area (Å²) in [5.74, 6) is -4.89. The van der Waals surface area contributed by atoms with Crippen molar-refractivity contribution in [3.05, 3.63) is 76.6 Å². The SMILES string of the molecule is CCc1nc([C@@H]2O[C@H](CO)[C@H](O)[C@H](n3cc(-c4ccc(F)c(F)c4F)cn3)[C@H]2O)n(-c2cc(Cl)cnc2C(F)(F)F)n1. The quantitative estimate of drug-likeness (QED) is 0.221. The van der Waals surface area contributed by atoms with Gasteiger partial charge in [-0.15, -0.1) is 0 Å². The van der Waals surface area contributed by atoms with Crippen molar-refractivity contribution in [3.8, 4) is 16.8 Å². The monoisotopic (exact) mass is 618 g/mol. The van der Waals surface area contributed by atoms with Crippen LogP contribution in [0.5, 0.6) is 0 Å². The molecule has 4 heterocycles. The summed E-state index contributed by atoms with van der Waals surface area (Å²) in [7, 11) is 0. The van der Waals surface area contributed by atoms with Gasteiger partial charge in [-0.2, -0.15) is 23.4 Å². The zero-order valence-electron chi connectivity index (χ0n) is 21.3. The fraction of sp³-hybridized carbons (Fsp3) is 0.360. The van der Waals surface area contributed by atoms with Crippen molar-refractivity contribution in [2.75, 3.05) is 6.61 Å². The minimum absolute atomic E-state index is 0.0503. The Labute approximate surface area is 237 Å². The molecule has 5 rings (SSSR count). The van der Waals surface area contributed by atoms with Crippen molar-refractivity contribution < 1.29 is 46.4 Å². The highest BCUT2D eigenvalue weighted by molar-refractivity contribution is 6.30. The number of hydrogen-bond donors (Lipinski definition) is 3. The lowest BCUT2D eigenvalue weighted by Crippen LogP contribution is -2.53. The van der Waals surface area contributed by atoms with E-state index in [0.717, 1.165) is 40.1 Å². The second-order valence-corrected chi connectivity index (χ2v) is 9.79. The molecule has 1 aliphatic rings. The normalized spacial score (nSPS) is 23.0. The van der Waals surface area contributed by atoms with Crippen LogP contribution in [0.3, 0.4) is 0 Å². The zero-order chi connectivity index (χ0) is 30.5. The predicted octanol–water partition coefficient (Wildman–Crippen LogP) is 3.57. The standard InChI is InChI=1S/C25H21ClF6N6O4/c1-2-16-35-24(38(36-16)14-5-11(26)7-33-23(14)25(30,31)32)22-21(41)19(20(40)15(9-39)42-22)37-8-10(6-34-37)12-3-4-13(27)18(29)17(12)28/h3-8,15,19-22,39-41H,2,9H2,1H3/t15-,19+,20+,21-,22-/m1/s1. The van der Waals surface area contributed by atoms with E-state index in [4.69, 9.17) is 16.3 Å². The van der Waals surface area contributed by atoms with E-state index in [1.807, 2.05) is 0 Å². The molecule has 0 spiro atoms. The first-order valence-corrected chi connectivity index (χ1v) is 12.7. The molecular weight excluding hydrogens is 598 g/mol. The molecule has 42 heavy (non-hydrogen) atoms. The molecule has 0 amide bonds. The van der Waals surface area contributed by atoms with Gasteiger partial charge in [0.2, 0.25) is 0 Å². The Morgan fingerprint density at radius 1 is 1.07 bits per heavy atom. The molecule has 224 valence electrons. The molecule has 3 N–H and O–H groups in total. The maximum Gasteiger partial charge on any atom is 0.435 e. The highest BCUT2D eigenvalue weighted by Crippen LogP contribution is 2.40. The van der Waals surface area contributed by atoms with E-state index in [-0.39, 0.29) is 34.2 Å². The molecule has 1 aromatic carbocycles. The number of nitrogens with zero attached hydrogens (tertiary/aromatic N) is 6. The van der Waals surface area contributed by atoms with E-state index in [0.29, 0.717) is 6.07 Å². The molecule has 1 fully saturated rings. The lowest BCUT2D eigenvalue weighted by Gasteiger charge is -2.41. The van der Waals surface area contributed by atoms with Crippen LogP contribution in [0.2, 0.25) is 5.02 Å². The average Bonchev–Trinajstić information content (AvgIpc) is 3.59. The number of aliphatic hydroxyl groups is 3. The highest BCUT2D eigenvalue weighted by atomic mass is 35.5. The number of rotatable bonds is 6. The lowest BCUT2D eigenvalue weighted by atomic mass is 9.92. The van der Waals surface area contributed by atoms with Crippen molar-refractivity contribution in [2.45, 2.75) is 50.0 Å². The number of benzene rings is 1. The first-order chi connectivity index (χ1) is 19.8. The van der Waals surface area contributed by atoms with Gasteiger partial charge >= 0.3 is 6.18 Å². The number of ether oxygens (including phenoxy) is 1. The van der Waals surface area contributed by atoms with Gasteiger partial charge in [0.05, 0.1) is 23.5 Å². The molecule has 5 atom stereocenters. The Kier molecular flexibility index (Phi) is 8.02. The summed E-state index contributed by atoms with van der Waals surface area (Å²) in [6.07, 6.45) is -8.22. The molecular formula is C25H21ClF6N6O4. The lowest BCUT2D eigenvalue weighted by molar-refractivity contribution is -0.210. The summed E-state index contributed by atoms with van der Waals surface area (Å²) >= 11 is 5.95. The third-order valence-corrected chi connectivity index (χ3v) is 6.93. The number of pyridine rings is 1. The minimum Gasteiger partial charge on any atom is -0.394 e. The third kappa shape index (κ3) is 5.24. The number of aromatic nitrogens is 6. The summed E-state index contributed by atoms with van der Waals surface area (Å²) in [5, 5.41) is 40.3. The van der Waals surface area contributed by atoms with Gasteiger partial charge in [0.15, 0.2) is 34.8 Å². The van der Waals surface area contributed by atoms with Crippen LogP contribution in [0.4, 0.5) is 26.3 Å². The summed E-state index contributed by atoms with van der Waals surface area (Å²) in [6, 6.07) is 1.19. The average molecular weight is 619 g/mol. The van der Waals surface area contributed by atoms with E-state index in [9.17, 15) is 41.7 Å². The van der Waals surface area contributed by atoms with E-state index >= 15 is 0 Å². The molecule has 17 heteroatoms. The van der Waals surface area contributed by atoms with Crippen LogP contribution in [0.25, 0.3) is 16.8 Å². The summed E-state index contributed by atoms with van der Waals surface area (Å²) in [6.45, 7) is 0.836. The second-order valence-electron chi connectivity index (χ2n) is 9.35. The summed E-state index contributed by atoms with van der Waals surface area (Å²) in [4.78, 5) is 7.64. The van der Waals surface area contributed by atoms with E-state index in [2.05, 4.69) is 20.2 Å². The molecule has 1 saturated heterocycles. The van der Waals surface area contributed by atoms with Crippen molar-refractivity contribution in [3.63, 3.8) is 0 Å². The molecule has 10 nitrogen and oxygen atoms in total. The highest BCUT2D eigenvalue weighted by Gasteiger charge is 2.49. The van der Waals surface area contributed by atoms with E-state index in [1.165, 1.54) is 0 Å². The number of aryl methyl sites for hydroxylation is 1. The maximum absolute atomic E-state index is 14.4. The largest absolute Gasteiger partial charge is 0.435 e. The van der Waals surface area contributed by atoms with Crippen molar-refractivity contribution in [2.24, 2.45) is 0 Å². The van der Waals surface area contributed by atoms with Gasteiger partial charge in [0.1, 0.15) is 30.5 Å². The molecule has 1 aliphatic heterocycles. The fourth-order valence-corrected chi connectivity index (χ4v) is 4.86. The fourth-order valence-electron chi connectivity index (χ4n) is 4.71. The van der Waals surface area contributed by atoms with Gasteiger partial charge < -0.3 is 20.1 Å². The Hall–Kier alpha value is -3.57. The molecule has 3 aromatic heterocycles. The first kappa shape index (κ1) is 29.9. The van der Waals surface area contributed by atoms with Crippen LogP contribution in [-0.4, -0.2) is 69.8 Å². The van der Waals surface area contributed by atoms with Gasteiger partial charge in [-0.25, -0.2) is 27.8 Å². The molecule has 4 aromatic rings. The van der Waals surface area contributed by atoms with Gasteiger partial charge in [0.25, 0.3) is 0 Å². The van der Waals surface area contributed by atoms with Gasteiger partial charge in [0, 0.05) is 29.9 Å². The maximum atomic E-state index is 14.4. The topological polar surface area (TPSA) is 131 Å². The molecule has 0 bridgehead atoms. The zero-order valence-corrected chi connectivity index (χ0v) is 22.1. The molecule has 0 saturated carbocycles. The van der Waals surface area contributed by atoms with Crippen LogP contribution in [0.1, 0.15) is 36.4 Å². The third-order valence-electron chi connectivity index (χ3n) is 6.72. The first-order valence-electron chi connectivity index (χ1n) is 12.3. The Bertz CT molecular complexity index is 1610. The van der Waals surface area contributed by atoms with Crippen LogP contribution >= 0.6 is 11.6 Å². The summed E-state index contributed by atoms with van der Waals surface area (Å²) < 4.78 is 90.8. The minimum atomic E-state index is -4.94. The van der Waals surface area contributed by atoms with Crippen LogP contribution in [0, 0.1) is 17.5 Å². The molecule has 0 unspecified atom stereocenters. The van der Waals surface area contributed by atoms with Crippen molar-refractivity contribution in [1.29, 1.82) is 0 Å². The van der Waals surface area contributed by atoms with Crippen LogP contribution in [-0.2, 0) is 17.3 Å². The van der Waals surface area contributed by atoms with Crippen LogP contribution < -0.4 is 0 Å². The van der Waals surface area contributed by atoms with E-state index in [1.54, 1.807) is 6.92 Å². The number of aliphatic hydroxyl groups excluding tert-OH is 3. The van der Waals surface area contributed by atoms with Gasteiger partial charge in [-0.1, -0.05) is 18.5 Å². The van der Waals surface area contributed by atoms with Crippen molar-refractivity contribution >= 4 is 11.6 Å². The second kappa shape index (κ2) is 11.3. The van der Waals surface area contributed by atoms with Crippen molar-refractivity contribution in [1.82, 2.24) is 29.5 Å².